The molecule has 0 heterocycles. The monoisotopic (exact) mass is 494 g/mol. The number of amides is 1. The quantitative estimate of drug-likeness (QED) is 0.477. The van der Waals surface area contributed by atoms with Crippen LogP contribution in [0, 0.1) is 5.82 Å². The highest BCUT2D eigenvalue weighted by molar-refractivity contribution is 9.10. The second-order valence-corrected chi connectivity index (χ2v) is 8.88. The second kappa shape index (κ2) is 7.74. The normalized spacial score (nSPS) is 16.8. The van der Waals surface area contributed by atoms with Crippen LogP contribution in [0.15, 0.2) is 59.1 Å². The van der Waals surface area contributed by atoms with Crippen molar-refractivity contribution in [3.8, 4) is 11.1 Å². The number of halogens is 2. The van der Waals surface area contributed by atoms with E-state index in [0.717, 1.165) is 28.3 Å². The smallest absolute Gasteiger partial charge is 0.411 e. The Labute approximate surface area is 193 Å². The van der Waals surface area contributed by atoms with Crippen LogP contribution in [0.25, 0.3) is 11.1 Å². The summed E-state index contributed by atoms with van der Waals surface area (Å²) in [5.41, 5.74) is 10.8. The minimum absolute atomic E-state index is 0.0795. The minimum Gasteiger partial charge on any atom is -0.436 e. The number of rotatable bonds is 2. The van der Waals surface area contributed by atoms with E-state index >= 15 is 0 Å². The fraction of sp³-hybridized carbons (Fsp3) is 0.200. The number of hydrogen-bond donors (Lipinski definition) is 1. The van der Waals surface area contributed by atoms with Gasteiger partial charge in [0, 0.05) is 29.4 Å². The molecule has 0 aliphatic heterocycles. The number of ketones is 1. The van der Waals surface area contributed by atoms with Gasteiger partial charge in [-0.3, -0.25) is 4.79 Å². The molecule has 2 aliphatic rings. The molecule has 0 saturated heterocycles. The number of carbonyl (C=O) groups is 2. The van der Waals surface area contributed by atoms with Crippen LogP contribution >= 0.6 is 15.9 Å². The number of nitrogen functional groups attached to an aromatic ring is 1. The summed E-state index contributed by atoms with van der Waals surface area (Å²) in [5, 5.41) is 0. The van der Waals surface area contributed by atoms with Gasteiger partial charge in [-0.1, -0.05) is 48.5 Å². The molecular formula is C25H20BrFN2O3. The van der Waals surface area contributed by atoms with E-state index < -0.39 is 24.1 Å². The van der Waals surface area contributed by atoms with Crippen LogP contribution in [0.1, 0.15) is 39.6 Å². The molecule has 162 valence electrons. The maximum absolute atomic E-state index is 14.0. The Morgan fingerprint density at radius 3 is 2.34 bits per heavy atom. The number of hydrogen-bond acceptors (Lipinski definition) is 4. The molecule has 0 spiro atoms. The van der Waals surface area contributed by atoms with Crippen LogP contribution in [0.5, 0.6) is 0 Å². The Morgan fingerprint density at radius 1 is 1.12 bits per heavy atom. The highest BCUT2D eigenvalue weighted by atomic mass is 79.9. The summed E-state index contributed by atoms with van der Waals surface area (Å²) in [5.74, 6) is -0.810. The molecule has 3 aromatic carbocycles. The van der Waals surface area contributed by atoms with E-state index in [0.29, 0.717) is 18.4 Å². The van der Waals surface area contributed by atoms with Crippen LogP contribution in [0.2, 0.25) is 0 Å². The number of anilines is 1. The fourth-order valence-corrected chi connectivity index (χ4v) is 5.23. The molecule has 3 aromatic rings. The van der Waals surface area contributed by atoms with Gasteiger partial charge in [0.25, 0.3) is 0 Å². The van der Waals surface area contributed by atoms with E-state index in [1.807, 2.05) is 48.5 Å². The summed E-state index contributed by atoms with van der Waals surface area (Å²) in [7, 11) is 1.55. The van der Waals surface area contributed by atoms with Crippen molar-refractivity contribution >= 4 is 33.5 Å². The van der Waals surface area contributed by atoms with E-state index in [1.165, 1.54) is 4.90 Å². The first kappa shape index (κ1) is 20.7. The van der Waals surface area contributed by atoms with Gasteiger partial charge in [-0.2, -0.15) is 0 Å². The number of ether oxygens (including phenoxy) is 1. The Hall–Kier alpha value is -3.19. The Kier molecular flexibility index (Phi) is 5.01. The Bertz CT molecular complexity index is 1230. The standard InChI is InChI=1S/C25H20BrFN2O3/c1-29(20-11-10-17-21(23(20)30)19(28)12-18(27)22(17)26)25(31)32-24-15-8-4-2-6-13(15)14-7-3-5-9-16(14)24/h2-9,12,20,24H,10-11,28H2,1H3. The molecule has 0 bridgehead atoms. The number of nitrogens with zero attached hydrogens (tertiary/aromatic N) is 1. The summed E-state index contributed by atoms with van der Waals surface area (Å²) in [6.07, 6.45) is -0.364. The molecule has 1 atom stereocenters. The number of fused-ring (bicyclic) bond motifs is 4. The Morgan fingerprint density at radius 2 is 1.72 bits per heavy atom. The zero-order valence-electron chi connectivity index (χ0n) is 17.3. The number of benzene rings is 3. The van der Waals surface area contributed by atoms with Gasteiger partial charge in [0.15, 0.2) is 11.9 Å². The van der Waals surface area contributed by atoms with Gasteiger partial charge in [-0.05, 0) is 51.5 Å². The van der Waals surface area contributed by atoms with Gasteiger partial charge in [0.05, 0.1) is 10.5 Å². The highest BCUT2D eigenvalue weighted by Crippen LogP contribution is 2.45. The molecule has 5 nitrogen and oxygen atoms in total. The van der Waals surface area contributed by atoms with Crippen LogP contribution in [0.4, 0.5) is 14.9 Å². The molecule has 0 fully saturated rings. The number of carbonyl (C=O) groups excluding carboxylic acids is 2. The lowest BCUT2D eigenvalue weighted by molar-refractivity contribution is 0.0612. The summed E-state index contributed by atoms with van der Waals surface area (Å²) in [6, 6.07) is 16.0. The molecular weight excluding hydrogens is 475 g/mol. The number of nitrogens with two attached hydrogens (primary N) is 1. The van der Waals surface area contributed by atoms with E-state index in [1.54, 1.807) is 7.05 Å². The summed E-state index contributed by atoms with van der Waals surface area (Å²) in [4.78, 5) is 27.7. The van der Waals surface area contributed by atoms with Crippen molar-refractivity contribution in [3.05, 3.63) is 87.1 Å². The SMILES string of the molecule is CN(C(=O)OC1c2ccccc2-c2ccccc21)C1CCc2c(Br)c(F)cc(N)c2C1=O. The van der Waals surface area contributed by atoms with Crippen molar-refractivity contribution < 1.29 is 18.7 Å². The zero-order valence-corrected chi connectivity index (χ0v) is 18.9. The lowest BCUT2D eigenvalue weighted by Crippen LogP contribution is -2.45. The third kappa shape index (κ3) is 3.11. The van der Waals surface area contributed by atoms with Gasteiger partial charge in [-0.15, -0.1) is 0 Å². The van der Waals surface area contributed by atoms with E-state index in [4.69, 9.17) is 10.5 Å². The van der Waals surface area contributed by atoms with E-state index in [-0.39, 0.29) is 21.5 Å². The predicted octanol–water partition coefficient (Wildman–Crippen LogP) is 5.51. The molecule has 0 saturated carbocycles. The lowest BCUT2D eigenvalue weighted by Gasteiger charge is -2.32. The molecule has 0 radical (unpaired) electrons. The molecule has 1 amide bonds. The minimum atomic E-state index is -0.735. The number of Topliss-reactive ketones (excluding diaryl/α,β-unsaturated/α-hetero) is 1. The van der Waals surface area contributed by atoms with E-state index in [2.05, 4.69) is 15.9 Å². The maximum atomic E-state index is 14.0. The van der Waals surface area contributed by atoms with Gasteiger partial charge in [0.2, 0.25) is 0 Å². The summed E-state index contributed by atoms with van der Waals surface area (Å²) in [6.45, 7) is 0. The van der Waals surface area contributed by atoms with Gasteiger partial charge in [0.1, 0.15) is 5.82 Å². The van der Waals surface area contributed by atoms with Crippen LogP contribution < -0.4 is 5.73 Å². The van der Waals surface area contributed by atoms with Crippen LogP contribution in [-0.4, -0.2) is 29.9 Å². The number of likely N-dealkylation sites (N-methyl/N-ethyl adjacent to an activating group) is 1. The largest absolute Gasteiger partial charge is 0.436 e. The second-order valence-electron chi connectivity index (χ2n) is 8.08. The van der Waals surface area contributed by atoms with Crippen molar-refractivity contribution in [2.45, 2.75) is 25.0 Å². The third-order valence-electron chi connectivity index (χ3n) is 6.31. The first-order chi connectivity index (χ1) is 15.4. The van der Waals surface area contributed by atoms with Crippen molar-refractivity contribution in [1.82, 2.24) is 4.90 Å². The first-order valence-electron chi connectivity index (χ1n) is 10.3. The van der Waals surface area contributed by atoms with Crippen molar-refractivity contribution in [2.24, 2.45) is 0 Å². The lowest BCUT2D eigenvalue weighted by atomic mass is 9.85. The maximum Gasteiger partial charge on any atom is 0.411 e. The topological polar surface area (TPSA) is 72.6 Å². The van der Waals surface area contributed by atoms with Crippen molar-refractivity contribution in [2.75, 3.05) is 12.8 Å². The van der Waals surface area contributed by atoms with E-state index in [9.17, 15) is 14.0 Å². The first-order valence-corrected chi connectivity index (χ1v) is 11.1. The fourth-order valence-electron chi connectivity index (χ4n) is 4.72. The molecule has 7 heteroatoms. The zero-order chi connectivity index (χ0) is 22.6. The predicted molar refractivity (Wildman–Crippen MR) is 123 cm³/mol. The van der Waals surface area contributed by atoms with Gasteiger partial charge < -0.3 is 15.4 Å². The average molecular weight is 495 g/mol. The van der Waals surface area contributed by atoms with Crippen LogP contribution in [-0.2, 0) is 11.2 Å². The molecule has 1 unspecified atom stereocenters. The Balaban J connectivity index is 1.42. The highest BCUT2D eigenvalue weighted by Gasteiger charge is 2.38. The third-order valence-corrected chi connectivity index (χ3v) is 7.17. The molecule has 0 aromatic heterocycles. The van der Waals surface area contributed by atoms with Crippen molar-refractivity contribution in [3.63, 3.8) is 0 Å². The summed E-state index contributed by atoms with van der Waals surface area (Å²) >= 11 is 3.21. The summed E-state index contributed by atoms with van der Waals surface area (Å²) < 4.78 is 20.2. The average Bonchev–Trinajstić information content (AvgIpc) is 3.10. The van der Waals surface area contributed by atoms with Gasteiger partial charge in [-0.25, -0.2) is 9.18 Å². The van der Waals surface area contributed by atoms with Crippen LogP contribution in [0.3, 0.4) is 0 Å². The molecule has 2 N–H and O–H groups in total. The molecule has 5 rings (SSSR count). The van der Waals surface area contributed by atoms with Crippen molar-refractivity contribution in [1.29, 1.82) is 0 Å². The van der Waals surface area contributed by atoms with Gasteiger partial charge >= 0.3 is 6.09 Å². The molecule has 32 heavy (non-hydrogen) atoms. The molecule has 2 aliphatic carbocycles.